The van der Waals surface area contributed by atoms with E-state index < -0.39 is 23.0 Å². The zero-order valence-corrected chi connectivity index (χ0v) is 21.6. The summed E-state index contributed by atoms with van der Waals surface area (Å²) in [6, 6.07) is 18.0. The Bertz CT molecular complexity index is 1490. The van der Waals surface area contributed by atoms with Crippen molar-refractivity contribution in [2.45, 2.75) is 39.4 Å². The van der Waals surface area contributed by atoms with Crippen LogP contribution < -0.4 is 4.74 Å². The molecule has 1 aromatic heterocycles. The zero-order chi connectivity index (χ0) is 26.9. The van der Waals surface area contributed by atoms with Crippen molar-refractivity contribution in [2.24, 2.45) is 0 Å². The molecule has 1 aliphatic rings. The molecule has 0 unspecified atom stereocenters. The van der Waals surface area contributed by atoms with Crippen LogP contribution in [0, 0.1) is 11.6 Å². The van der Waals surface area contributed by atoms with Crippen LogP contribution in [0.5, 0.6) is 5.75 Å². The van der Waals surface area contributed by atoms with Crippen molar-refractivity contribution in [3.63, 3.8) is 0 Å². The summed E-state index contributed by atoms with van der Waals surface area (Å²) in [5.41, 5.74) is 3.18. The van der Waals surface area contributed by atoms with E-state index in [0.29, 0.717) is 30.6 Å². The smallest absolute Gasteiger partial charge is 0.410 e. The fourth-order valence-corrected chi connectivity index (χ4v) is 4.40. The van der Waals surface area contributed by atoms with E-state index in [9.17, 15) is 9.18 Å². The number of aromatic nitrogens is 2. The highest BCUT2D eigenvalue weighted by Crippen LogP contribution is 2.32. The molecule has 0 spiro atoms. The Labute approximate surface area is 220 Å². The van der Waals surface area contributed by atoms with Gasteiger partial charge in [-0.1, -0.05) is 48.5 Å². The maximum Gasteiger partial charge on any atom is 0.410 e. The Hall–Kier alpha value is -4.20. The number of amides is 1. The van der Waals surface area contributed by atoms with Crippen molar-refractivity contribution >= 4 is 22.6 Å². The maximum absolute atomic E-state index is 15.5. The summed E-state index contributed by atoms with van der Waals surface area (Å²) in [6.07, 6.45) is 3.83. The van der Waals surface area contributed by atoms with Gasteiger partial charge in [-0.3, -0.25) is 0 Å². The van der Waals surface area contributed by atoms with Gasteiger partial charge in [0.1, 0.15) is 17.7 Å². The fraction of sp³-hybridized carbons (Fsp3) is 0.267. The van der Waals surface area contributed by atoms with Crippen LogP contribution in [0.2, 0.25) is 0 Å². The molecule has 3 aromatic carbocycles. The molecule has 4 aromatic rings. The average molecular weight is 518 g/mol. The Kier molecular flexibility index (Phi) is 6.89. The first kappa shape index (κ1) is 25.4. The first-order valence-electron chi connectivity index (χ1n) is 12.5. The number of carbonyl (C=O) groups is 1. The normalized spacial score (nSPS) is 13.9. The van der Waals surface area contributed by atoms with E-state index in [1.165, 1.54) is 16.9 Å². The van der Waals surface area contributed by atoms with Crippen LogP contribution in [0.25, 0.3) is 22.2 Å². The SMILES string of the molecule is CC(C)(C)OC(=O)N1CC=C(c2ccc(-n3ncc4cc(F)c(OCc5ccccc5)c(F)c43)cc2)CC1. The molecule has 1 amide bonds. The second-order valence-corrected chi connectivity index (χ2v) is 10.2. The minimum atomic E-state index is -0.797. The summed E-state index contributed by atoms with van der Waals surface area (Å²) in [5.74, 6) is -2.00. The van der Waals surface area contributed by atoms with Gasteiger partial charge >= 0.3 is 6.09 Å². The number of halogens is 2. The summed E-state index contributed by atoms with van der Waals surface area (Å²) in [5, 5.41) is 4.65. The van der Waals surface area contributed by atoms with Crippen molar-refractivity contribution in [1.82, 2.24) is 14.7 Å². The summed E-state index contributed by atoms with van der Waals surface area (Å²) >= 11 is 0. The van der Waals surface area contributed by atoms with Gasteiger partial charge in [0.15, 0.2) is 17.4 Å². The molecule has 0 N–H and O–H groups in total. The molecular weight excluding hydrogens is 488 g/mol. The molecule has 0 aliphatic carbocycles. The monoisotopic (exact) mass is 517 g/mol. The zero-order valence-electron chi connectivity index (χ0n) is 21.6. The lowest BCUT2D eigenvalue weighted by molar-refractivity contribution is 0.0270. The average Bonchev–Trinajstić information content (AvgIpc) is 3.32. The molecule has 38 heavy (non-hydrogen) atoms. The van der Waals surface area contributed by atoms with Crippen LogP contribution in [0.4, 0.5) is 13.6 Å². The van der Waals surface area contributed by atoms with Crippen molar-refractivity contribution < 1.29 is 23.0 Å². The molecule has 0 radical (unpaired) electrons. The molecule has 196 valence electrons. The summed E-state index contributed by atoms with van der Waals surface area (Å²) in [7, 11) is 0. The number of nitrogens with zero attached hydrogens (tertiary/aromatic N) is 3. The largest absolute Gasteiger partial charge is 0.483 e. The Morgan fingerprint density at radius 3 is 2.45 bits per heavy atom. The molecule has 0 bridgehead atoms. The van der Waals surface area contributed by atoms with Crippen LogP contribution in [0.15, 0.2) is 72.9 Å². The minimum absolute atomic E-state index is 0.0451. The summed E-state index contributed by atoms with van der Waals surface area (Å²) in [4.78, 5) is 14.0. The second-order valence-electron chi connectivity index (χ2n) is 10.2. The highest BCUT2D eigenvalue weighted by Gasteiger charge is 2.24. The number of hydrogen-bond donors (Lipinski definition) is 0. The lowest BCUT2D eigenvalue weighted by Crippen LogP contribution is -2.39. The predicted octanol–water partition coefficient (Wildman–Crippen LogP) is 6.91. The van der Waals surface area contributed by atoms with E-state index in [0.717, 1.165) is 16.7 Å². The summed E-state index contributed by atoms with van der Waals surface area (Å²) in [6.45, 7) is 6.63. The molecule has 0 saturated heterocycles. The Morgan fingerprint density at radius 2 is 1.79 bits per heavy atom. The van der Waals surface area contributed by atoms with Gasteiger partial charge in [0.25, 0.3) is 0 Å². The number of rotatable bonds is 5. The van der Waals surface area contributed by atoms with Gasteiger partial charge in [0, 0.05) is 18.5 Å². The number of carbonyl (C=O) groups excluding carboxylic acids is 1. The molecule has 0 fully saturated rings. The molecule has 1 aliphatic heterocycles. The Balaban J connectivity index is 1.35. The van der Waals surface area contributed by atoms with E-state index in [1.807, 2.05) is 81.4 Å². The molecule has 0 atom stereocenters. The quantitative estimate of drug-likeness (QED) is 0.289. The van der Waals surface area contributed by atoms with Gasteiger partial charge in [-0.2, -0.15) is 5.10 Å². The molecule has 5 rings (SSSR count). The van der Waals surface area contributed by atoms with Gasteiger partial charge in [-0.25, -0.2) is 18.3 Å². The summed E-state index contributed by atoms with van der Waals surface area (Å²) < 4.78 is 42.6. The van der Waals surface area contributed by atoms with Crippen LogP contribution in [0.1, 0.15) is 38.3 Å². The molecule has 2 heterocycles. The topological polar surface area (TPSA) is 56.6 Å². The van der Waals surface area contributed by atoms with Gasteiger partial charge < -0.3 is 14.4 Å². The lowest BCUT2D eigenvalue weighted by atomic mass is 9.99. The minimum Gasteiger partial charge on any atom is -0.483 e. The number of benzene rings is 3. The third-order valence-electron chi connectivity index (χ3n) is 6.27. The standard InChI is InChI=1S/C30H29F2N3O3/c1-30(2,3)38-29(36)34-15-13-22(14-16-34)21-9-11-24(12-10-21)35-27-23(18-33-35)17-25(31)28(26(27)32)37-19-20-7-5-4-6-8-20/h4-13,17-18H,14-16,19H2,1-3H3. The Morgan fingerprint density at radius 1 is 1.05 bits per heavy atom. The number of hydrogen-bond acceptors (Lipinski definition) is 4. The second kappa shape index (κ2) is 10.3. The fourth-order valence-electron chi connectivity index (χ4n) is 4.40. The van der Waals surface area contributed by atoms with E-state index in [-0.39, 0.29) is 18.2 Å². The third kappa shape index (κ3) is 5.39. The van der Waals surface area contributed by atoms with Crippen molar-refractivity contribution in [3.05, 3.63) is 95.7 Å². The van der Waals surface area contributed by atoms with Crippen LogP contribution in [0.3, 0.4) is 0 Å². The first-order valence-corrected chi connectivity index (χ1v) is 12.5. The van der Waals surface area contributed by atoms with Gasteiger partial charge in [-0.05, 0) is 62.1 Å². The van der Waals surface area contributed by atoms with Crippen LogP contribution in [-0.4, -0.2) is 39.5 Å². The molecular formula is C30H29F2N3O3. The predicted molar refractivity (Wildman–Crippen MR) is 142 cm³/mol. The van der Waals surface area contributed by atoms with E-state index in [1.54, 1.807) is 4.90 Å². The van der Waals surface area contributed by atoms with Gasteiger partial charge in [0.05, 0.1) is 11.9 Å². The molecule has 0 saturated carbocycles. The van der Waals surface area contributed by atoms with E-state index >= 15 is 4.39 Å². The third-order valence-corrected chi connectivity index (χ3v) is 6.27. The van der Waals surface area contributed by atoms with E-state index in [4.69, 9.17) is 9.47 Å². The van der Waals surface area contributed by atoms with Crippen molar-refractivity contribution in [3.8, 4) is 11.4 Å². The van der Waals surface area contributed by atoms with Crippen molar-refractivity contribution in [2.75, 3.05) is 13.1 Å². The highest BCUT2D eigenvalue weighted by atomic mass is 19.1. The van der Waals surface area contributed by atoms with Crippen molar-refractivity contribution in [1.29, 1.82) is 0 Å². The van der Waals surface area contributed by atoms with Crippen LogP contribution in [-0.2, 0) is 11.3 Å². The van der Waals surface area contributed by atoms with Gasteiger partial charge in [0.2, 0.25) is 0 Å². The lowest BCUT2D eigenvalue weighted by Gasteiger charge is -2.29. The molecule has 8 heteroatoms. The number of ether oxygens (including phenoxy) is 2. The van der Waals surface area contributed by atoms with E-state index in [2.05, 4.69) is 5.10 Å². The first-order chi connectivity index (χ1) is 18.2. The highest BCUT2D eigenvalue weighted by molar-refractivity contribution is 5.83. The number of fused-ring (bicyclic) bond motifs is 1. The molecule has 6 nitrogen and oxygen atoms in total. The van der Waals surface area contributed by atoms with Crippen LogP contribution >= 0.6 is 0 Å². The maximum atomic E-state index is 15.5. The van der Waals surface area contributed by atoms with Gasteiger partial charge in [-0.15, -0.1) is 0 Å².